The molecule has 2 fully saturated rings. The van der Waals surface area contributed by atoms with E-state index in [2.05, 4.69) is 16.0 Å². The van der Waals surface area contributed by atoms with Gasteiger partial charge in [0.1, 0.15) is 11.3 Å². The lowest BCUT2D eigenvalue weighted by molar-refractivity contribution is -0.129. The number of anilines is 1. The van der Waals surface area contributed by atoms with Gasteiger partial charge in [-0.15, -0.1) is 0 Å². The molecule has 1 aliphatic heterocycles. The molecule has 1 atom stereocenters. The largest absolute Gasteiger partial charge is 0.492 e. The minimum absolute atomic E-state index is 0.0801. The van der Waals surface area contributed by atoms with Crippen molar-refractivity contribution < 1.29 is 19.1 Å². The fourth-order valence-corrected chi connectivity index (χ4v) is 3.97. The number of para-hydroxylation sites is 2. The SMILES string of the molecule is CCOc1ccccc1NC(=O)NC1(C(=O)NC[C@@H]2CCCO2)CCCCC1. The number of benzene rings is 1. The summed E-state index contributed by atoms with van der Waals surface area (Å²) in [6.45, 7) is 3.66. The summed E-state index contributed by atoms with van der Waals surface area (Å²) in [6.07, 6.45) is 6.29. The zero-order valence-electron chi connectivity index (χ0n) is 16.6. The minimum atomic E-state index is -0.874. The maximum Gasteiger partial charge on any atom is 0.320 e. The summed E-state index contributed by atoms with van der Waals surface area (Å²) < 4.78 is 11.2. The molecule has 7 nitrogen and oxygen atoms in total. The lowest BCUT2D eigenvalue weighted by Gasteiger charge is -2.36. The second kappa shape index (κ2) is 9.78. The molecule has 0 bridgehead atoms. The molecule has 1 saturated heterocycles. The van der Waals surface area contributed by atoms with Crippen LogP contribution in [-0.4, -0.2) is 43.3 Å². The number of hydrogen-bond acceptors (Lipinski definition) is 4. The van der Waals surface area contributed by atoms with Crippen LogP contribution in [0, 0.1) is 0 Å². The van der Waals surface area contributed by atoms with Crippen molar-refractivity contribution in [3.8, 4) is 5.75 Å². The summed E-state index contributed by atoms with van der Waals surface area (Å²) >= 11 is 0. The molecule has 3 amide bonds. The van der Waals surface area contributed by atoms with Gasteiger partial charge in [0.15, 0.2) is 0 Å². The zero-order valence-corrected chi connectivity index (χ0v) is 16.6. The molecule has 1 saturated carbocycles. The molecule has 1 aromatic carbocycles. The molecule has 0 radical (unpaired) electrons. The smallest absolute Gasteiger partial charge is 0.320 e. The Morgan fingerprint density at radius 2 is 1.96 bits per heavy atom. The first kappa shape index (κ1) is 20.5. The highest BCUT2D eigenvalue weighted by Crippen LogP contribution is 2.29. The summed E-state index contributed by atoms with van der Waals surface area (Å²) in [7, 11) is 0. The molecule has 0 spiro atoms. The second-order valence-electron chi connectivity index (χ2n) is 7.50. The molecular formula is C21H31N3O4. The van der Waals surface area contributed by atoms with Crippen molar-refractivity contribution in [1.29, 1.82) is 0 Å². The normalized spacial score (nSPS) is 21.0. The standard InChI is InChI=1S/C21H31N3O4/c1-2-27-18-11-5-4-10-17(18)23-20(26)24-21(12-6-3-7-13-21)19(25)22-15-16-9-8-14-28-16/h4-5,10-11,16H,2-3,6-9,12-15H2,1H3,(H,22,25)(H2,23,24,26)/t16-/m0/s1. The molecule has 1 heterocycles. The van der Waals surface area contributed by atoms with Crippen molar-refractivity contribution >= 4 is 17.6 Å². The second-order valence-corrected chi connectivity index (χ2v) is 7.50. The van der Waals surface area contributed by atoms with E-state index in [1.807, 2.05) is 25.1 Å². The van der Waals surface area contributed by atoms with Crippen LogP contribution in [0.2, 0.25) is 0 Å². The molecule has 0 aromatic heterocycles. The van der Waals surface area contributed by atoms with Crippen LogP contribution in [0.1, 0.15) is 51.9 Å². The minimum Gasteiger partial charge on any atom is -0.492 e. The summed E-state index contributed by atoms with van der Waals surface area (Å²) in [5, 5.41) is 8.81. The van der Waals surface area contributed by atoms with Crippen LogP contribution in [0.5, 0.6) is 5.75 Å². The van der Waals surface area contributed by atoms with Crippen LogP contribution in [0.25, 0.3) is 0 Å². The summed E-state index contributed by atoms with van der Waals surface area (Å²) in [4.78, 5) is 25.7. The van der Waals surface area contributed by atoms with E-state index in [0.717, 1.165) is 38.7 Å². The van der Waals surface area contributed by atoms with Gasteiger partial charge in [0.05, 0.1) is 18.4 Å². The van der Waals surface area contributed by atoms with E-state index in [1.165, 1.54) is 0 Å². The molecule has 1 aliphatic carbocycles. The van der Waals surface area contributed by atoms with Crippen molar-refractivity contribution in [2.24, 2.45) is 0 Å². The quantitative estimate of drug-likeness (QED) is 0.668. The van der Waals surface area contributed by atoms with Crippen molar-refractivity contribution in [2.45, 2.75) is 63.5 Å². The zero-order chi connectivity index (χ0) is 19.8. The average Bonchev–Trinajstić information content (AvgIpc) is 3.22. The molecule has 3 rings (SSSR count). The van der Waals surface area contributed by atoms with Crippen LogP contribution in [-0.2, 0) is 9.53 Å². The highest BCUT2D eigenvalue weighted by molar-refractivity contribution is 5.96. The highest BCUT2D eigenvalue weighted by Gasteiger charge is 2.41. The Kier molecular flexibility index (Phi) is 7.14. The predicted molar refractivity (Wildman–Crippen MR) is 108 cm³/mol. The number of carbonyl (C=O) groups excluding carboxylic acids is 2. The van der Waals surface area contributed by atoms with E-state index < -0.39 is 5.54 Å². The number of rotatable bonds is 7. The predicted octanol–water partition coefficient (Wildman–Crippen LogP) is 3.20. The van der Waals surface area contributed by atoms with E-state index in [-0.39, 0.29) is 18.0 Å². The summed E-state index contributed by atoms with van der Waals surface area (Å²) in [6, 6.07) is 6.90. The van der Waals surface area contributed by atoms with E-state index in [4.69, 9.17) is 9.47 Å². The third-order valence-corrected chi connectivity index (χ3v) is 5.44. The monoisotopic (exact) mass is 389 g/mol. The van der Waals surface area contributed by atoms with Crippen LogP contribution >= 0.6 is 0 Å². The van der Waals surface area contributed by atoms with Gasteiger partial charge in [-0.2, -0.15) is 0 Å². The molecular weight excluding hydrogens is 358 g/mol. The third-order valence-electron chi connectivity index (χ3n) is 5.44. The Balaban J connectivity index is 1.64. The fourth-order valence-electron chi connectivity index (χ4n) is 3.97. The lowest BCUT2D eigenvalue weighted by Crippen LogP contribution is -2.61. The van der Waals surface area contributed by atoms with Crippen LogP contribution in [0.15, 0.2) is 24.3 Å². The van der Waals surface area contributed by atoms with Crippen LogP contribution in [0.3, 0.4) is 0 Å². The van der Waals surface area contributed by atoms with E-state index >= 15 is 0 Å². The van der Waals surface area contributed by atoms with Gasteiger partial charge < -0.3 is 25.4 Å². The molecule has 3 N–H and O–H groups in total. The molecule has 28 heavy (non-hydrogen) atoms. The first-order valence-electron chi connectivity index (χ1n) is 10.3. The Morgan fingerprint density at radius 3 is 2.68 bits per heavy atom. The fraction of sp³-hybridized carbons (Fsp3) is 0.619. The van der Waals surface area contributed by atoms with Gasteiger partial charge in [0.2, 0.25) is 5.91 Å². The maximum absolute atomic E-state index is 13.0. The van der Waals surface area contributed by atoms with Gasteiger partial charge in [-0.05, 0) is 44.7 Å². The highest BCUT2D eigenvalue weighted by atomic mass is 16.5. The lowest BCUT2D eigenvalue weighted by atomic mass is 9.81. The van der Waals surface area contributed by atoms with Crippen LogP contribution < -0.4 is 20.7 Å². The number of hydrogen-bond donors (Lipinski definition) is 3. The number of carbonyl (C=O) groups is 2. The maximum atomic E-state index is 13.0. The molecule has 1 aromatic rings. The first-order chi connectivity index (χ1) is 13.6. The molecule has 7 heteroatoms. The Hall–Kier alpha value is -2.28. The van der Waals surface area contributed by atoms with Gasteiger partial charge in [0, 0.05) is 13.2 Å². The number of ether oxygens (including phenoxy) is 2. The van der Waals surface area contributed by atoms with Gasteiger partial charge in [-0.25, -0.2) is 4.79 Å². The van der Waals surface area contributed by atoms with E-state index in [9.17, 15) is 9.59 Å². The van der Waals surface area contributed by atoms with Crippen molar-refractivity contribution in [3.63, 3.8) is 0 Å². The van der Waals surface area contributed by atoms with E-state index in [1.54, 1.807) is 6.07 Å². The number of amides is 3. The van der Waals surface area contributed by atoms with E-state index in [0.29, 0.717) is 37.4 Å². The summed E-state index contributed by atoms with van der Waals surface area (Å²) in [5.41, 5.74) is -0.283. The molecule has 2 aliphatic rings. The van der Waals surface area contributed by atoms with Crippen LogP contribution in [0.4, 0.5) is 10.5 Å². The Morgan fingerprint density at radius 1 is 1.18 bits per heavy atom. The Bertz CT molecular complexity index is 667. The first-order valence-corrected chi connectivity index (χ1v) is 10.3. The average molecular weight is 389 g/mol. The van der Waals surface area contributed by atoms with Gasteiger partial charge >= 0.3 is 6.03 Å². The third kappa shape index (κ3) is 5.16. The van der Waals surface area contributed by atoms with Gasteiger partial charge in [-0.1, -0.05) is 31.4 Å². The van der Waals surface area contributed by atoms with Crippen molar-refractivity contribution in [2.75, 3.05) is 25.1 Å². The number of urea groups is 1. The molecule has 154 valence electrons. The van der Waals surface area contributed by atoms with Gasteiger partial charge in [0.25, 0.3) is 0 Å². The number of nitrogens with one attached hydrogen (secondary N) is 3. The van der Waals surface area contributed by atoms with Crippen molar-refractivity contribution in [1.82, 2.24) is 10.6 Å². The van der Waals surface area contributed by atoms with Gasteiger partial charge in [-0.3, -0.25) is 4.79 Å². The topological polar surface area (TPSA) is 88.7 Å². The summed E-state index contributed by atoms with van der Waals surface area (Å²) in [5.74, 6) is 0.497. The molecule has 0 unspecified atom stereocenters. The Labute approximate surface area is 166 Å². The van der Waals surface area contributed by atoms with Crippen molar-refractivity contribution in [3.05, 3.63) is 24.3 Å².